The van der Waals surface area contributed by atoms with Crippen molar-refractivity contribution >= 4 is 35.8 Å². The molecule has 1 unspecified atom stereocenters. The molecule has 1 aliphatic heterocycles. The van der Waals surface area contributed by atoms with E-state index in [2.05, 4.69) is 22.5 Å². The summed E-state index contributed by atoms with van der Waals surface area (Å²) in [7, 11) is 1.70. The highest BCUT2D eigenvalue weighted by Crippen LogP contribution is 2.23. The molecule has 8 heteroatoms. The normalized spacial score (nSPS) is 21.3. The van der Waals surface area contributed by atoms with E-state index < -0.39 is 5.91 Å². The van der Waals surface area contributed by atoms with Crippen LogP contribution in [-0.2, 0) is 11.3 Å². The van der Waals surface area contributed by atoms with Gasteiger partial charge in [-0.2, -0.15) is 0 Å². The van der Waals surface area contributed by atoms with Crippen LogP contribution in [0.4, 0.5) is 0 Å². The highest BCUT2D eigenvalue weighted by molar-refractivity contribution is 14.0. The number of ether oxygens (including phenoxy) is 1. The Kier molecular flexibility index (Phi) is 7.14. The topological polar surface area (TPSA) is 102 Å². The predicted octanol–water partition coefficient (Wildman–Crippen LogP) is 1.23. The molecule has 7 nitrogen and oxygen atoms in total. The molecule has 0 aliphatic carbocycles. The second-order valence-corrected chi connectivity index (χ2v) is 5.31. The molecule has 1 atom stereocenters. The summed E-state index contributed by atoms with van der Waals surface area (Å²) in [6.45, 7) is 4.01. The molecule has 0 spiro atoms. The fraction of sp³-hybridized carbons (Fsp3) is 0.571. The number of primary amides is 1. The van der Waals surface area contributed by atoms with Gasteiger partial charge in [0.15, 0.2) is 11.7 Å². The van der Waals surface area contributed by atoms with Gasteiger partial charge in [0.1, 0.15) is 5.76 Å². The SMILES string of the molecule is CN=C(NCc1ccc(C(N)=O)o1)NCC1(C)CCCO1.I. The first-order chi connectivity index (χ1) is 10.0. The molecular weight excluding hydrogens is 399 g/mol. The molecule has 1 aliphatic rings. The third kappa shape index (κ3) is 5.16. The maximum absolute atomic E-state index is 11.0. The van der Waals surface area contributed by atoms with Crippen molar-refractivity contribution < 1.29 is 13.9 Å². The number of hydrogen-bond acceptors (Lipinski definition) is 4. The van der Waals surface area contributed by atoms with Gasteiger partial charge < -0.3 is 25.5 Å². The van der Waals surface area contributed by atoms with Gasteiger partial charge in [-0.1, -0.05) is 0 Å². The molecule has 0 bridgehead atoms. The van der Waals surface area contributed by atoms with Gasteiger partial charge in [-0.15, -0.1) is 24.0 Å². The lowest BCUT2D eigenvalue weighted by Crippen LogP contribution is -2.45. The Hall–Kier alpha value is -1.29. The molecule has 1 aromatic heterocycles. The number of furan rings is 1. The number of hydrogen-bond donors (Lipinski definition) is 3. The van der Waals surface area contributed by atoms with Crippen molar-refractivity contribution in [1.29, 1.82) is 0 Å². The molecule has 22 heavy (non-hydrogen) atoms. The van der Waals surface area contributed by atoms with Crippen LogP contribution >= 0.6 is 24.0 Å². The number of nitrogens with two attached hydrogens (primary N) is 1. The Morgan fingerprint density at radius 3 is 2.77 bits per heavy atom. The zero-order valence-corrected chi connectivity index (χ0v) is 15.2. The van der Waals surface area contributed by atoms with Gasteiger partial charge in [0.25, 0.3) is 5.91 Å². The van der Waals surface area contributed by atoms with Crippen LogP contribution in [-0.4, -0.2) is 37.7 Å². The minimum Gasteiger partial charge on any atom is -0.454 e. The van der Waals surface area contributed by atoms with E-state index in [9.17, 15) is 4.79 Å². The third-order valence-corrected chi connectivity index (χ3v) is 3.49. The van der Waals surface area contributed by atoms with Crippen molar-refractivity contribution in [3.63, 3.8) is 0 Å². The number of carbonyl (C=O) groups is 1. The van der Waals surface area contributed by atoms with Gasteiger partial charge in [-0.25, -0.2) is 0 Å². The summed E-state index contributed by atoms with van der Waals surface area (Å²) in [5.41, 5.74) is 5.00. The van der Waals surface area contributed by atoms with E-state index in [1.54, 1.807) is 19.2 Å². The molecule has 0 aromatic carbocycles. The lowest BCUT2D eigenvalue weighted by Gasteiger charge is -2.24. The van der Waals surface area contributed by atoms with Crippen LogP contribution in [0, 0.1) is 0 Å². The summed E-state index contributed by atoms with van der Waals surface area (Å²) in [6, 6.07) is 3.27. The summed E-state index contributed by atoms with van der Waals surface area (Å²) >= 11 is 0. The molecule has 1 amide bonds. The van der Waals surface area contributed by atoms with Crippen LogP contribution in [0.15, 0.2) is 21.5 Å². The van der Waals surface area contributed by atoms with Crippen molar-refractivity contribution in [1.82, 2.24) is 10.6 Å². The molecule has 2 rings (SSSR count). The van der Waals surface area contributed by atoms with Gasteiger partial charge in [0, 0.05) is 20.2 Å². The summed E-state index contributed by atoms with van der Waals surface area (Å²) in [6.07, 6.45) is 2.13. The maximum atomic E-state index is 11.0. The summed E-state index contributed by atoms with van der Waals surface area (Å²) in [5, 5.41) is 6.35. The first-order valence-corrected chi connectivity index (χ1v) is 6.99. The highest BCUT2D eigenvalue weighted by Gasteiger charge is 2.29. The smallest absolute Gasteiger partial charge is 0.284 e. The molecule has 4 N–H and O–H groups in total. The fourth-order valence-corrected chi connectivity index (χ4v) is 2.24. The molecule has 1 fully saturated rings. The molecular formula is C14H23IN4O3. The number of carbonyl (C=O) groups excluding carboxylic acids is 1. The van der Waals surface area contributed by atoms with Crippen molar-refractivity contribution in [3.05, 3.63) is 23.7 Å². The molecule has 0 saturated carbocycles. The minimum absolute atomic E-state index is 0. The monoisotopic (exact) mass is 422 g/mol. The Morgan fingerprint density at radius 2 is 2.23 bits per heavy atom. The van der Waals surface area contributed by atoms with E-state index in [0.717, 1.165) is 19.4 Å². The largest absolute Gasteiger partial charge is 0.454 e. The summed E-state index contributed by atoms with van der Waals surface area (Å²) in [4.78, 5) is 15.1. The second kappa shape index (κ2) is 8.37. The van der Waals surface area contributed by atoms with E-state index in [4.69, 9.17) is 14.9 Å². The number of nitrogens with one attached hydrogen (secondary N) is 2. The van der Waals surface area contributed by atoms with Gasteiger partial charge in [-0.05, 0) is 31.9 Å². The van der Waals surface area contributed by atoms with Crippen LogP contribution in [0.5, 0.6) is 0 Å². The Balaban J connectivity index is 0.00000242. The molecule has 2 heterocycles. The number of aliphatic imine (C=N–C) groups is 1. The lowest BCUT2D eigenvalue weighted by molar-refractivity contribution is 0.0242. The van der Waals surface area contributed by atoms with Crippen molar-refractivity contribution in [2.24, 2.45) is 10.7 Å². The number of amides is 1. The molecule has 1 aromatic rings. The molecule has 1 saturated heterocycles. The second-order valence-electron chi connectivity index (χ2n) is 5.31. The average Bonchev–Trinajstić information content (AvgIpc) is 3.08. The van der Waals surface area contributed by atoms with Crippen LogP contribution in [0.25, 0.3) is 0 Å². The number of rotatable bonds is 5. The average molecular weight is 422 g/mol. The lowest BCUT2D eigenvalue weighted by atomic mass is 10.0. The van der Waals surface area contributed by atoms with Crippen molar-refractivity contribution in [2.45, 2.75) is 31.9 Å². The van der Waals surface area contributed by atoms with Crippen LogP contribution in [0.3, 0.4) is 0 Å². The Bertz CT molecular complexity index is 524. The fourth-order valence-electron chi connectivity index (χ4n) is 2.24. The van der Waals surface area contributed by atoms with Crippen molar-refractivity contribution in [2.75, 3.05) is 20.2 Å². The van der Waals surface area contributed by atoms with Gasteiger partial charge in [-0.3, -0.25) is 9.79 Å². The standard InChI is InChI=1S/C14H22N4O3.HI/c1-14(6-3-7-20-14)9-18-13(16-2)17-8-10-4-5-11(21-10)12(15)19;/h4-5H,3,6-9H2,1-2H3,(H2,15,19)(H2,16,17,18);1H. The highest BCUT2D eigenvalue weighted by atomic mass is 127. The van der Waals surface area contributed by atoms with E-state index in [-0.39, 0.29) is 35.3 Å². The van der Waals surface area contributed by atoms with E-state index in [0.29, 0.717) is 24.8 Å². The van der Waals surface area contributed by atoms with Crippen LogP contribution in [0.2, 0.25) is 0 Å². The van der Waals surface area contributed by atoms with Crippen LogP contribution < -0.4 is 16.4 Å². The van der Waals surface area contributed by atoms with Gasteiger partial charge in [0.05, 0.1) is 12.1 Å². The quantitative estimate of drug-likeness (QED) is 0.377. The number of guanidine groups is 1. The maximum Gasteiger partial charge on any atom is 0.284 e. The van der Waals surface area contributed by atoms with Gasteiger partial charge >= 0.3 is 0 Å². The zero-order valence-electron chi connectivity index (χ0n) is 12.8. The molecule has 0 radical (unpaired) electrons. The molecule has 124 valence electrons. The Labute approximate surface area is 147 Å². The van der Waals surface area contributed by atoms with E-state index >= 15 is 0 Å². The zero-order chi connectivity index (χ0) is 15.3. The first kappa shape index (κ1) is 18.8. The van der Waals surface area contributed by atoms with Crippen LogP contribution in [0.1, 0.15) is 36.1 Å². The minimum atomic E-state index is -0.574. The summed E-state index contributed by atoms with van der Waals surface area (Å²) in [5.74, 6) is 0.857. The summed E-state index contributed by atoms with van der Waals surface area (Å²) < 4.78 is 11.0. The first-order valence-electron chi connectivity index (χ1n) is 6.99. The number of halogens is 1. The number of nitrogens with zero attached hydrogens (tertiary/aromatic N) is 1. The Morgan fingerprint density at radius 1 is 1.45 bits per heavy atom. The van der Waals surface area contributed by atoms with E-state index in [1.807, 2.05) is 0 Å². The third-order valence-electron chi connectivity index (χ3n) is 3.49. The predicted molar refractivity (Wildman–Crippen MR) is 94.4 cm³/mol. The van der Waals surface area contributed by atoms with Gasteiger partial charge in [0.2, 0.25) is 0 Å². The van der Waals surface area contributed by atoms with Crippen molar-refractivity contribution in [3.8, 4) is 0 Å². The van der Waals surface area contributed by atoms with E-state index in [1.165, 1.54) is 0 Å².